The second kappa shape index (κ2) is 6.03. The lowest BCUT2D eigenvalue weighted by Gasteiger charge is -2.19. The number of amides is 1. The standard InChI is InChI=1S/C14H10BrClN2O4S/c15-8-1-4-13(10(16)5-8)23(20,21)18-9-2-3-12-11(6-9)17-14(19)7-22-12/h1-6,18H,7H2,(H,17,19). The molecule has 3 rings (SSSR count). The zero-order valence-electron chi connectivity index (χ0n) is 11.5. The van der Waals surface area contributed by atoms with Gasteiger partial charge >= 0.3 is 0 Å². The Hall–Kier alpha value is -1.77. The van der Waals surface area contributed by atoms with Crippen LogP contribution in [0.1, 0.15) is 0 Å². The van der Waals surface area contributed by atoms with Crippen LogP contribution in [0.5, 0.6) is 5.75 Å². The summed E-state index contributed by atoms with van der Waals surface area (Å²) < 4.78 is 33.2. The van der Waals surface area contributed by atoms with Crippen LogP contribution >= 0.6 is 27.5 Å². The van der Waals surface area contributed by atoms with Gasteiger partial charge in [-0.05, 0) is 36.4 Å². The maximum Gasteiger partial charge on any atom is 0.263 e. The Morgan fingerprint density at radius 3 is 2.74 bits per heavy atom. The van der Waals surface area contributed by atoms with Crippen LogP contribution in [0.15, 0.2) is 45.8 Å². The molecule has 2 N–H and O–H groups in total. The number of rotatable bonds is 3. The number of hydrogen-bond donors (Lipinski definition) is 2. The summed E-state index contributed by atoms with van der Waals surface area (Å²) in [7, 11) is -3.86. The van der Waals surface area contributed by atoms with Crippen molar-refractivity contribution >= 4 is 54.8 Å². The van der Waals surface area contributed by atoms with Crippen LogP contribution in [0.3, 0.4) is 0 Å². The van der Waals surface area contributed by atoms with Gasteiger partial charge in [0.25, 0.3) is 15.9 Å². The number of benzene rings is 2. The largest absolute Gasteiger partial charge is 0.482 e. The van der Waals surface area contributed by atoms with Gasteiger partial charge in [-0.1, -0.05) is 27.5 Å². The van der Waals surface area contributed by atoms with Gasteiger partial charge in [0, 0.05) is 4.47 Å². The van der Waals surface area contributed by atoms with E-state index >= 15 is 0 Å². The molecule has 2 aromatic carbocycles. The molecular weight excluding hydrogens is 408 g/mol. The third-order valence-electron chi connectivity index (χ3n) is 3.05. The van der Waals surface area contributed by atoms with E-state index in [1.165, 1.54) is 18.2 Å². The zero-order chi connectivity index (χ0) is 16.6. The normalized spacial score (nSPS) is 13.7. The number of carbonyl (C=O) groups excluding carboxylic acids is 1. The predicted molar refractivity (Wildman–Crippen MR) is 90.5 cm³/mol. The molecule has 9 heteroatoms. The lowest BCUT2D eigenvalue weighted by Crippen LogP contribution is -2.25. The molecule has 0 atom stereocenters. The van der Waals surface area contributed by atoms with E-state index in [1.807, 2.05) is 0 Å². The Morgan fingerprint density at radius 1 is 1.22 bits per heavy atom. The van der Waals surface area contributed by atoms with E-state index in [1.54, 1.807) is 18.2 Å². The Labute approximate surface area is 146 Å². The first-order valence-corrected chi connectivity index (χ1v) is 9.05. The van der Waals surface area contributed by atoms with E-state index in [0.29, 0.717) is 15.9 Å². The summed E-state index contributed by atoms with van der Waals surface area (Å²) in [5.74, 6) is 0.183. The van der Waals surface area contributed by atoms with Crippen LogP contribution in [-0.2, 0) is 14.8 Å². The van der Waals surface area contributed by atoms with E-state index < -0.39 is 10.0 Å². The molecule has 120 valence electrons. The van der Waals surface area contributed by atoms with Crippen molar-refractivity contribution in [3.63, 3.8) is 0 Å². The van der Waals surface area contributed by atoms with Crippen LogP contribution in [0.4, 0.5) is 11.4 Å². The fraction of sp³-hybridized carbons (Fsp3) is 0.0714. The van der Waals surface area contributed by atoms with Crippen LogP contribution in [0.25, 0.3) is 0 Å². The fourth-order valence-electron chi connectivity index (χ4n) is 2.05. The van der Waals surface area contributed by atoms with Gasteiger partial charge in [-0.15, -0.1) is 0 Å². The third kappa shape index (κ3) is 3.44. The van der Waals surface area contributed by atoms with Crippen molar-refractivity contribution in [1.82, 2.24) is 0 Å². The molecule has 1 amide bonds. The van der Waals surface area contributed by atoms with Crippen LogP contribution < -0.4 is 14.8 Å². The minimum atomic E-state index is -3.86. The Balaban J connectivity index is 1.92. The molecule has 0 bridgehead atoms. The average molecular weight is 418 g/mol. The molecule has 0 saturated heterocycles. The van der Waals surface area contributed by atoms with Gasteiger partial charge in [0.2, 0.25) is 0 Å². The minimum Gasteiger partial charge on any atom is -0.482 e. The molecule has 0 radical (unpaired) electrons. The molecule has 0 unspecified atom stereocenters. The number of halogens is 2. The highest BCUT2D eigenvalue weighted by atomic mass is 79.9. The number of fused-ring (bicyclic) bond motifs is 1. The maximum absolute atomic E-state index is 12.4. The van der Waals surface area contributed by atoms with Crippen molar-refractivity contribution < 1.29 is 17.9 Å². The van der Waals surface area contributed by atoms with E-state index in [4.69, 9.17) is 16.3 Å². The SMILES string of the molecule is O=C1COc2ccc(NS(=O)(=O)c3ccc(Br)cc3Cl)cc2N1. The summed E-state index contributed by atoms with van der Waals surface area (Å²) in [4.78, 5) is 11.3. The minimum absolute atomic E-state index is 0.0413. The number of carbonyl (C=O) groups is 1. The zero-order valence-corrected chi connectivity index (χ0v) is 14.6. The lowest BCUT2D eigenvalue weighted by molar-refractivity contribution is -0.118. The molecule has 0 aliphatic carbocycles. The highest BCUT2D eigenvalue weighted by molar-refractivity contribution is 9.10. The molecule has 0 saturated carbocycles. The van der Waals surface area contributed by atoms with Crippen molar-refractivity contribution in [2.75, 3.05) is 16.6 Å². The fourth-order valence-corrected chi connectivity index (χ4v) is 4.14. The van der Waals surface area contributed by atoms with Gasteiger partial charge in [0.1, 0.15) is 10.6 Å². The van der Waals surface area contributed by atoms with Crippen molar-refractivity contribution in [3.05, 3.63) is 45.9 Å². The summed E-state index contributed by atoms with van der Waals surface area (Å²) >= 11 is 9.21. The Bertz CT molecular complexity index is 902. The molecule has 1 heterocycles. The van der Waals surface area contributed by atoms with Gasteiger partial charge in [-0.3, -0.25) is 9.52 Å². The van der Waals surface area contributed by atoms with Gasteiger partial charge in [0.05, 0.1) is 16.4 Å². The van der Waals surface area contributed by atoms with E-state index in [-0.39, 0.29) is 28.1 Å². The first-order chi connectivity index (χ1) is 10.8. The number of nitrogens with one attached hydrogen (secondary N) is 2. The smallest absolute Gasteiger partial charge is 0.263 e. The molecule has 1 aliphatic rings. The summed E-state index contributed by atoms with van der Waals surface area (Å²) in [5, 5.41) is 2.71. The molecule has 0 spiro atoms. The number of hydrogen-bond acceptors (Lipinski definition) is 4. The summed E-state index contributed by atoms with van der Waals surface area (Å²) in [5.41, 5.74) is 0.692. The third-order valence-corrected chi connectivity index (χ3v) is 5.41. The van der Waals surface area contributed by atoms with Crippen LogP contribution in [-0.4, -0.2) is 20.9 Å². The monoisotopic (exact) mass is 416 g/mol. The van der Waals surface area contributed by atoms with E-state index in [9.17, 15) is 13.2 Å². The molecule has 1 aliphatic heterocycles. The number of ether oxygens (including phenoxy) is 1. The first kappa shape index (κ1) is 16.1. The van der Waals surface area contributed by atoms with Gasteiger partial charge in [0.15, 0.2) is 6.61 Å². The van der Waals surface area contributed by atoms with Crippen LogP contribution in [0, 0.1) is 0 Å². The summed E-state index contributed by atoms with van der Waals surface area (Å²) in [6, 6.07) is 9.09. The van der Waals surface area contributed by atoms with Crippen molar-refractivity contribution in [3.8, 4) is 5.75 Å². The summed E-state index contributed by atoms with van der Waals surface area (Å²) in [6.07, 6.45) is 0. The maximum atomic E-state index is 12.4. The lowest BCUT2D eigenvalue weighted by atomic mass is 10.2. The van der Waals surface area contributed by atoms with E-state index in [2.05, 4.69) is 26.0 Å². The molecule has 2 aromatic rings. The van der Waals surface area contributed by atoms with Gasteiger partial charge < -0.3 is 10.1 Å². The van der Waals surface area contributed by atoms with Crippen LogP contribution in [0.2, 0.25) is 5.02 Å². The molecule has 0 fully saturated rings. The van der Waals surface area contributed by atoms with Gasteiger partial charge in [-0.25, -0.2) is 8.42 Å². The quantitative estimate of drug-likeness (QED) is 0.803. The summed E-state index contributed by atoms with van der Waals surface area (Å²) in [6.45, 7) is -0.0629. The van der Waals surface area contributed by atoms with Gasteiger partial charge in [-0.2, -0.15) is 0 Å². The highest BCUT2D eigenvalue weighted by Gasteiger charge is 2.20. The van der Waals surface area contributed by atoms with Crippen molar-refractivity contribution in [2.24, 2.45) is 0 Å². The molecule has 23 heavy (non-hydrogen) atoms. The molecule has 0 aromatic heterocycles. The topological polar surface area (TPSA) is 84.5 Å². The number of sulfonamides is 1. The highest BCUT2D eigenvalue weighted by Crippen LogP contribution is 2.32. The molecular formula is C14H10BrClN2O4S. The Kier molecular flexibility index (Phi) is 4.22. The number of anilines is 2. The second-order valence-electron chi connectivity index (χ2n) is 4.73. The Morgan fingerprint density at radius 2 is 2.00 bits per heavy atom. The first-order valence-electron chi connectivity index (χ1n) is 6.40. The van der Waals surface area contributed by atoms with E-state index in [0.717, 1.165) is 0 Å². The predicted octanol–water partition coefficient (Wildman–Crippen LogP) is 3.23. The van der Waals surface area contributed by atoms with Crippen molar-refractivity contribution in [2.45, 2.75) is 4.90 Å². The second-order valence-corrected chi connectivity index (χ2v) is 7.70. The van der Waals surface area contributed by atoms with Crippen molar-refractivity contribution in [1.29, 1.82) is 0 Å². The average Bonchev–Trinajstić information content (AvgIpc) is 2.45. The molecule has 6 nitrogen and oxygen atoms in total.